The molecule has 6 heteroatoms. The van der Waals surface area contributed by atoms with Crippen LogP contribution in [-0.4, -0.2) is 17.4 Å². The number of methoxy groups -OCH3 is 1. The molecule has 0 bridgehead atoms. The molecule has 0 rings (SSSR count). The molecular weight excluding hydrogens is 612 g/mol. The number of ether oxygens (including phenoxy) is 1. The van der Waals surface area contributed by atoms with Crippen LogP contribution < -0.4 is 0 Å². The van der Waals surface area contributed by atoms with Gasteiger partial charge in [0, 0.05) is 4.43 Å². The summed E-state index contributed by atoms with van der Waals surface area (Å²) >= 11 is 9.10. The van der Waals surface area contributed by atoms with Gasteiger partial charge in [0.15, 0.2) is 0 Å². The van der Waals surface area contributed by atoms with Gasteiger partial charge in [-0.3, -0.25) is 4.79 Å². The lowest BCUT2D eigenvalue weighted by atomic mass is 10.2. The summed E-state index contributed by atoms with van der Waals surface area (Å²) in [4.78, 5) is 10.5. The molecule has 12 heavy (non-hydrogen) atoms. The van der Waals surface area contributed by atoms with Crippen LogP contribution in [0, 0.1) is 5.92 Å². The molecule has 0 saturated carbocycles. The van der Waals surface area contributed by atoms with Gasteiger partial charge in [0.1, 0.15) is -0.0619 Å². The molecule has 1 atom stereocenters. The molecule has 0 radical (unpaired) electrons. The van der Waals surface area contributed by atoms with Gasteiger partial charge >= 0.3 is 5.97 Å². The van der Waals surface area contributed by atoms with Crippen molar-refractivity contribution in [2.45, 2.75) is 6.86 Å². The Kier molecular flexibility index (Phi) is 16.1. The predicted octanol–water partition coefficient (Wildman–Crippen LogP) is 3.81. The van der Waals surface area contributed by atoms with E-state index in [9.17, 15) is 4.79 Å². The molecule has 74 valence electrons. The SMILES string of the molecule is COC(=O)[C@@H](C)CI.IC(I)I. The molecule has 0 heterocycles. The van der Waals surface area contributed by atoms with Crippen molar-refractivity contribution in [2.24, 2.45) is 5.92 Å². The van der Waals surface area contributed by atoms with Crippen molar-refractivity contribution >= 4 is 96.3 Å². The van der Waals surface area contributed by atoms with E-state index < -0.39 is 0 Å². The molecule has 0 spiro atoms. The molecule has 0 N–H and O–H groups in total. The number of rotatable bonds is 2. The molecule has 0 aromatic carbocycles. The summed E-state index contributed by atoms with van der Waals surface area (Å²) in [5.41, 5.74) is 0. The molecule has 0 unspecified atom stereocenters. The third kappa shape index (κ3) is 14.9. The fourth-order valence-electron chi connectivity index (χ4n) is 0.264. The maximum Gasteiger partial charge on any atom is 0.309 e. The second kappa shape index (κ2) is 11.5. The Balaban J connectivity index is 0. The van der Waals surface area contributed by atoms with Crippen LogP contribution in [0.25, 0.3) is 0 Å². The summed E-state index contributed by atoms with van der Waals surface area (Å²) in [5.74, 6) is -0.0833. The Morgan fingerprint density at radius 2 is 1.75 bits per heavy atom. The van der Waals surface area contributed by atoms with E-state index in [1.807, 2.05) is 6.92 Å². The zero-order chi connectivity index (χ0) is 10.1. The second-order valence-electron chi connectivity index (χ2n) is 1.83. The molecule has 0 aliphatic rings. The van der Waals surface area contributed by atoms with Gasteiger partial charge in [-0.15, -0.1) is 0 Å². The largest absolute Gasteiger partial charge is 0.469 e. The summed E-state index contributed by atoms with van der Waals surface area (Å²) in [7, 11) is 1.41. The smallest absolute Gasteiger partial charge is 0.309 e. The summed E-state index contributed by atoms with van der Waals surface area (Å²) in [6.07, 6.45) is 0. The number of halogens is 4. The van der Waals surface area contributed by atoms with E-state index in [4.69, 9.17) is 0 Å². The first-order valence-electron chi connectivity index (χ1n) is 3.01. The number of carbonyl (C=O) groups is 1. The Labute approximate surface area is 128 Å². The van der Waals surface area contributed by atoms with Crippen LogP contribution >= 0.6 is 90.4 Å². The predicted molar refractivity (Wildman–Crippen MR) is 85.9 cm³/mol. The minimum Gasteiger partial charge on any atom is -0.469 e. The topological polar surface area (TPSA) is 26.3 Å². The van der Waals surface area contributed by atoms with E-state index in [0.29, 0.717) is 0 Å². The van der Waals surface area contributed by atoms with Gasteiger partial charge in [-0.1, -0.05) is 97.3 Å². The fourth-order valence-corrected chi connectivity index (χ4v) is 0.624. The highest BCUT2D eigenvalue weighted by Crippen LogP contribution is 2.16. The normalized spacial score (nSPS) is 11.6. The number of carbonyl (C=O) groups excluding carboxylic acids is 1. The third-order valence-electron chi connectivity index (χ3n) is 0.835. The van der Waals surface area contributed by atoms with Gasteiger partial charge < -0.3 is 4.74 Å². The second-order valence-corrected chi connectivity index (χ2v) is 13.6. The van der Waals surface area contributed by atoms with Crippen LogP contribution in [0.5, 0.6) is 0 Å². The maximum absolute atomic E-state index is 10.5. The Morgan fingerprint density at radius 3 is 1.83 bits per heavy atom. The van der Waals surface area contributed by atoms with Gasteiger partial charge in [-0.05, 0) is 0 Å². The van der Waals surface area contributed by atoms with E-state index in [2.05, 4.69) is 95.1 Å². The van der Waals surface area contributed by atoms with E-state index >= 15 is 0 Å². The highest BCUT2D eigenvalue weighted by molar-refractivity contribution is 14.3. The van der Waals surface area contributed by atoms with Crippen LogP contribution in [0.1, 0.15) is 6.92 Å². The molecule has 0 aliphatic heterocycles. The first-order chi connectivity index (χ1) is 5.45. The van der Waals surface area contributed by atoms with Crippen molar-refractivity contribution in [1.29, 1.82) is 0 Å². The van der Waals surface area contributed by atoms with Crippen molar-refractivity contribution in [1.82, 2.24) is 0 Å². The number of hydrogen-bond acceptors (Lipinski definition) is 2. The lowest BCUT2D eigenvalue weighted by molar-refractivity contribution is -0.143. The van der Waals surface area contributed by atoms with E-state index in [1.54, 1.807) is 0 Å². The van der Waals surface area contributed by atoms with Crippen LogP contribution in [0.15, 0.2) is 0 Å². The van der Waals surface area contributed by atoms with Gasteiger partial charge in [-0.25, -0.2) is 0 Å². The molecule has 0 aromatic heterocycles. The molecule has 0 fully saturated rings. The van der Waals surface area contributed by atoms with Crippen LogP contribution in [0.4, 0.5) is 0 Å². The quantitative estimate of drug-likeness (QED) is 0.267. The molecule has 0 amide bonds. The molecule has 2 nitrogen and oxygen atoms in total. The van der Waals surface area contributed by atoms with Gasteiger partial charge in [-0.2, -0.15) is 0 Å². The summed E-state index contributed by atoms with van der Waals surface area (Å²) in [6, 6.07) is 0. The fraction of sp³-hybridized carbons (Fsp3) is 0.833. The monoisotopic (exact) mass is 622 g/mol. The summed E-state index contributed by atoms with van der Waals surface area (Å²) < 4.78 is 6.03. The zero-order valence-electron chi connectivity index (χ0n) is 6.69. The average Bonchev–Trinajstić information content (AvgIpc) is 2.00. The summed E-state index contributed by atoms with van der Waals surface area (Å²) in [6.45, 7) is 1.85. The van der Waals surface area contributed by atoms with Crippen LogP contribution in [-0.2, 0) is 9.53 Å². The molecule has 0 aliphatic carbocycles. The van der Waals surface area contributed by atoms with E-state index in [-0.39, 0.29) is 11.9 Å². The van der Waals surface area contributed by atoms with Crippen molar-refractivity contribution in [2.75, 3.05) is 11.5 Å². The van der Waals surface area contributed by atoms with Gasteiger partial charge in [0.05, 0.1) is 13.0 Å². The minimum atomic E-state index is -0.126. The third-order valence-corrected chi connectivity index (χ3v) is 2.16. The van der Waals surface area contributed by atoms with E-state index in [0.717, 1.165) is 4.37 Å². The highest BCUT2D eigenvalue weighted by Gasteiger charge is 2.09. The zero-order valence-corrected chi connectivity index (χ0v) is 15.3. The van der Waals surface area contributed by atoms with Crippen LogP contribution in [0.2, 0.25) is 0 Å². The highest BCUT2D eigenvalue weighted by atomic mass is 127. The average molecular weight is 622 g/mol. The number of alkyl halides is 4. The Bertz CT molecular complexity index is 115. The van der Waals surface area contributed by atoms with Gasteiger partial charge in [0.25, 0.3) is 0 Å². The van der Waals surface area contributed by atoms with Crippen molar-refractivity contribution in [3.8, 4) is 0 Å². The lowest BCUT2D eigenvalue weighted by Crippen LogP contribution is -2.13. The Hall–Kier alpha value is 2.39. The number of esters is 1. The summed E-state index contributed by atoms with van der Waals surface area (Å²) in [5, 5.41) is 0. The van der Waals surface area contributed by atoms with Gasteiger partial charge in [0.2, 0.25) is 0 Å². The standard InChI is InChI=1S/C5H9IO2.CHI3/c1-4(3-6)5(7)8-2;2-1(3)4/h4H,3H2,1-2H3;1H/t4-;/m0./s1. The maximum atomic E-state index is 10.5. The first-order valence-corrected chi connectivity index (χ1v) is 8.28. The van der Waals surface area contributed by atoms with Crippen LogP contribution in [0.3, 0.4) is 0 Å². The first kappa shape index (κ1) is 16.8. The van der Waals surface area contributed by atoms with E-state index in [1.165, 1.54) is 7.11 Å². The van der Waals surface area contributed by atoms with Crippen molar-refractivity contribution < 1.29 is 9.53 Å². The number of hydrogen-bond donors (Lipinski definition) is 0. The van der Waals surface area contributed by atoms with Crippen molar-refractivity contribution in [3.05, 3.63) is 0 Å². The lowest BCUT2D eigenvalue weighted by Gasteiger charge is -2.01. The molecule has 0 aromatic rings. The molecular formula is C6H10I4O2. The molecule has 0 saturated heterocycles. The Morgan fingerprint density at radius 1 is 1.42 bits per heavy atom. The minimum absolute atomic E-state index is 0.0422. The van der Waals surface area contributed by atoms with Crippen molar-refractivity contribution in [3.63, 3.8) is 0 Å².